The molecule has 1 atom stereocenters. The van der Waals surface area contributed by atoms with Gasteiger partial charge in [-0.2, -0.15) is 5.10 Å². The van der Waals surface area contributed by atoms with E-state index in [2.05, 4.69) is 30.5 Å². The second kappa shape index (κ2) is 15.1. The number of piperidine rings is 2. The number of carbonyl (C=O) groups excluding carboxylic acids is 5. The van der Waals surface area contributed by atoms with E-state index < -0.39 is 6.04 Å². The molecule has 1 saturated carbocycles. The highest BCUT2D eigenvalue weighted by Gasteiger charge is 2.40. The number of hydrogen-bond acceptors (Lipinski definition) is 10. The average molecular weight is 740 g/mol. The Bertz CT molecular complexity index is 1950. The van der Waals surface area contributed by atoms with E-state index in [0.717, 1.165) is 70.3 Å². The Kier molecular flexibility index (Phi) is 10.1. The van der Waals surface area contributed by atoms with Crippen LogP contribution in [-0.2, 0) is 20.9 Å². The van der Waals surface area contributed by atoms with Crippen LogP contribution in [-0.4, -0.2) is 127 Å². The summed E-state index contributed by atoms with van der Waals surface area (Å²) in [6.07, 6.45) is 11.5. The Labute approximate surface area is 314 Å². The number of amides is 5. The van der Waals surface area contributed by atoms with Gasteiger partial charge in [0.15, 0.2) is 5.65 Å². The highest BCUT2D eigenvalue weighted by molar-refractivity contribution is 6.09. The normalized spacial score (nSPS) is 24.7. The van der Waals surface area contributed by atoms with Crippen molar-refractivity contribution in [2.45, 2.75) is 96.0 Å². The quantitative estimate of drug-likeness (QED) is 0.312. The van der Waals surface area contributed by atoms with E-state index >= 15 is 0 Å². The highest BCUT2D eigenvalue weighted by atomic mass is 16.5. The molecule has 0 radical (unpaired) electrons. The number of anilines is 1. The van der Waals surface area contributed by atoms with Gasteiger partial charge in [-0.1, -0.05) is 0 Å². The van der Waals surface area contributed by atoms with Gasteiger partial charge in [-0.15, -0.1) is 0 Å². The number of hydrogen-bond donors (Lipinski definition) is 2. The lowest BCUT2D eigenvalue weighted by Crippen LogP contribution is -2.62. The summed E-state index contributed by atoms with van der Waals surface area (Å²) < 4.78 is 7.66. The summed E-state index contributed by atoms with van der Waals surface area (Å²) >= 11 is 0. The molecule has 5 amide bonds. The summed E-state index contributed by atoms with van der Waals surface area (Å²) in [6.45, 7) is 8.99. The van der Waals surface area contributed by atoms with E-state index in [1.54, 1.807) is 33.9 Å². The van der Waals surface area contributed by atoms with Gasteiger partial charge in [0.1, 0.15) is 17.4 Å². The van der Waals surface area contributed by atoms with Gasteiger partial charge in [0, 0.05) is 62.6 Å². The summed E-state index contributed by atoms with van der Waals surface area (Å²) in [5.41, 5.74) is 2.84. The fraction of sp³-hybridized carbons (Fsp3) is 0.564. The smallest absolute Gasteiger partial charge is 0.261 e. The first-order valence-corrected chi connectivity index (χ1v) is 19.4. The van der Waals surface area contributed by atoms with Crippen molar-refractivity contribution in [1.29, 1.82) is 0 Å². The largest absolute Gasteiger partial charge is 0.489 e. The van der Waals surface area contributed by atoms with Crippen LogP contribution in [0.4, 0.5) is 5.69 Å². The second-order valence-electron chi connectivity index (χ2n) is 15.7. The topological polar surface area (TPSA) is 162 Å². The van der Waals surface area contributed by atoms with Gasteiger partial charge in [0.2, 0.25) is 17.7 Å². The van der Waals surface area contributed by atoms with Crippen LogP contribution in [0.3, 0.4) is 0 Å². The molecule has 0 bridgehead atoms. The van der Waals surface area contributed by atoms with E-state index in [1.807, 2.05) is 24.8 Å². The maximum absolute atomic E-state index is 13.8. The third kappa shape index (κ3) is 7.30. The van der Waals surface area contributed by atoms with Crippen molar-refractivity contribution >= 4 is 40.9 Å². The zero-order chi connectivity index (χ0) is 37.5. The molecule has 15 heteroatoms. The van der Waals surface area contributed by atoms with Gasteiger partial charge in [-0.25, -0.2) is 9.50 Å². The molecule has 5 aliphatic rings. The zero-order valence-corrected chi connectivity index (χ0v) is 31.0. The molecule has 54 heavy (non-hydrogen) atoms. The van der Waals surface area contributed by atoms with Crippen LogP contribution in [0.15, 0.2) is 36.8 Å². The van der Waals surface area contributed by atoms with Crippen LogP contribution in [0.1, 0.15) is 91.5 Å². The van der Waals surface area contributed by atoms with Crippen molar-refractivity contribution < 1.29 is 28.7 Å². The molecule has 1 unspecified atom stereocenters. The van der Waals surface area contributed by atoms with E-state index in [0.29, 0.717) is 66.2 Å². The Morgan fingerprint density at radius 3 is 2.48 bits per heavy atom. The first-order chi connectivity index (χ1) is 26.1. The molecule has 1 aromatic carbocycles. The SMILES string of the molecule is CC(C)Oc1cc2c(cc1NC(=O)c1cnn3cccnc13)CN(C1CCC(CN3CCC(N4CCN(C5CCC(=O)NC5=O)C(=O)C4)CC3)CC1)C2=O. The van der Waals surface area contributed by atoms with Crippen LogP contribution in [0.5, 0.6) is 5.75 Å². The lowest BCUT2D eigenvalue weighted by Gasteiger charge is -2.45. The summed E-state index contributed by atoms with van der Waals surface area (Å²) in [4.78, 5) is 77.0. The Morgan fingerprint density at radius 2 is 1.74 bits per heavy atom. The molecule has 3 aromatic rings. The first kappa shape index (κ1) is 36.1. The molecule has 4 fully saturated rings. The van der Waals surface area contributed by atoms with Crippen LogP contribution >= 0.6 is 0 Å². The molecular weight excluding hydrogens is 690 g/mol. The van der Waals surface area contributed by atoms with E-state index in [9.17, 15) is 24.0 Å². The number of rotatable bonds is 9. The summed E-state index contributed by atoms with van der Waals surface area (Å²) in [5, 5.41) is 9.61. The maximum Gasteiger partial charge on any atom is 0.261 e. The third-order valence-electron chi connectivity index (χ3n) is 11.9. The number of benzene rings is 1. The molecule has 1 aliphatic carbocycles. The summed E-state index contributed by atoms with van der Waals surface area (Å²) in [5.74, 6) is 0.0763. The second-order valence-corrected chi connectivity index (χ2v) is 15.7. The van der Waals surface area contributed by atoms with Crippen molar-refractivity contribution in [1.82, 2.24) is 39.5 Å². The molecule has 6 heterocycles. The number of carbonyl (C=O) groups is 5. The van der Waals surface area contributed by atoms with Crippen LogP contribution in [0.25, 0.3) is 5.65 Å². The molecule has 2 N–H and O–H groups in total. The van der Waals surface area contributed by atoms with Gasteiger partial charge >= 0.3 is 0 Å². The molecule has 3 saturated heterocycles. The molecule has 8 rings (SSSR count). The minimum Gasteiger partial charge on any atom is -0.489 e. The standard InChI is InChI=1S/C39H49N9O6/c1-24(2)54-33-19-29-26(18-31(33)42-37(51)30-20-41-48-13-3-12-40-36(30)48)22-47(39(29)53)28-6-4-25(5-7-28)21-44-14-10-27(11-15-44)45-16-17-46(35(50)23-45)32-8-9-34(49)43-38(32)52/h3,12-13,18-20,24-25,27-28,32H,4-11,14-17,21-23H2,1-2H3,(H,42,51)(H,43,49,52). The fourth-order valence-electron chi connectivity index (χ4n) is 9.08. The zero-order valence-electron chi connectivity index (χ0n) is 31.0. The monoisotopic (exact) mass is 739 g/mol. The number of fused-ring (bicyclic) bond motifs is 2. The molecule has 2 aromatic heterocycles. The predicted octanol–water partition coefficient (Wildman–Crippen LogP) is 2.70. The lowest BCUT2D eigenvalue weighted by atomic mass is 9.84. The van der Waals surface area contributed by atoms with Crippen molar-refractivity contribution in [2.75, 3.05) is 44.6 Å². The predicted molar refractivity (Wildman–Crippen MR) is 198 cm³/mol. The van der Waals surface area contributed by atoms with Gasteiger partial charge in [-0.3, -0.25) is 34.2 Å². The summed E-state index contributed by atoms with van der Waals surface area (Å²) in [7, 11) is 0. The van der Waals surface area contributed by atoms with Crippen LogP contribution in [0.2, 0.25) is 0 Å². The van der Waals surface area contributed by atoms with Gasteiger partial charge < -0.3 is 24.8 Å². The number of imide groups is 1. The van der Waals surface area contributed by atoms with Gasteiger partial charge in [0.05, 0.1) is 24.5 Å². The Balaban J connectivity index is 0.822. The minimum absolute atomic E-state index is 0.0188. The number of nitrogens with zero attached hydrogens (tertiary/aromatic N) is 7. The maximum atomic E-state index is 13.8. The minimum atomic E-state index is -0.536. The number of aromatic nitrogens is 3. The molecule has 286 valence electrons. The number of piperazine rings is 1. The molecule has 0 spiro atoms. The number of ether oxygens (including phenoxy) is 1. The van der Waals surface area contributed by atoms with Gasteiger partial charge in [0.25, 0.3) is 11.8 Å². The molecule has 4 aliphatic heterocycles. The highest BCUT2D eigenvalue weighted by Crippen LogP contribution is 2.38. The first-order valence-electron chi connectivity index (χ1n) is 19.4. The van der Waals surface area contributed by atoms with Crippen molar-refractivity contribution in [3.63, 3.8) is 0 Å². The van der Waals surface area contributed by atoms with Crippen molar-refractivity contribution in [2.24, 2.45) is 5.92 Å². The Morgan fingerprint density at radius 1 is 0.944 bits per heavy atom. The van der Waals surface area contributed by atoms with E-state index in [1.165, 1.54) is 6.20 Å². The number of likely N-dealkylation sites (tertiary alicyclic amines) is 1. The molecule has 15 nitrogen and oxygen atoms in total. The fourth-order valence-corrected chi connectivity index (χ4v) is 9.08. The van der Waals surface area contributed by atoms with Gasteiger partial charge in [-0.05, 0) is 102 Å². The Hall–Kier alpha value is -4.89. The average Bonchev–Trinajstić information content (AvgIpc) is 3.73. The third-order valence-corrected chi connectivity index (χ3v) is 11.9. The number of nitrogens with one attached hydrogen (secondary N) is 2. The lowest BCUT2D eigenvalue weighted by molar-refractivity contribution is -0.150. The summed E-state index contributed by atoms with van der Waals surface area (Å²) in [6, 6.07) is 5.40. The van der Waals surface area contributed by atoms with E-state index in [-0.39, 0.29) is 48.1 Å². The molecular formula is C39H49N9O6. The van der Waals surface area contributed by atoms with Crippen LogP contribution < -0.4 is 15.4 Å². The van der Waals surface area contributed by atoms with Crippen LogP contribution in [0, 0.1) is 5.92 Å². The van der Waals surface area contributed by atoms with Crippen molar-refractivity contribution in [3.05, 3.63) is 53.5 Å². The van der Waals surface area contributed by atoms with Crippen molar-refractivity contribution in [3.8, 4) is 5.75 Å². The van der Waals surface area contributed by atoms with E-state index in [4.69, 9.17) is 4.74 Å².